The van der Waals surface area contributed by atoms with E-state index >= 15 is 0 Å². The lowest BCUT2D eigenvalue weighted by molar-refractivity contribution is -0.127. The van der Waals surface area contributed by atoms with Crippen molar-refractivity contribution >= 4 is 35.2 Å². The molecule has 26 heavy (non-hydrogen) atoms. The maximum absolute atomic E-state index is 12.5. The van der Waals surface area contributed by atoms with Gasteiger partial charge in [0.1, 0.15) is 5.75 Å². The summed E-state index contributed by atoms with van der Waals surface area (Å²) in [6.45, 7) is -2.17. The molecule has 10 heteroatoms. The van der Waals surface area contributed by atoms with Crippen molar-refractivity contribution in [3.05, 3.63) is 28.8 Å². The van der Waals surface area contributed by atoms with E-state index in [1.165, 1.54) is 23.1 Å². The van der Waals surface area contributed by atoms with Crippen molar-refractivity contribution in [2.45, 2.75) is 13.2 Å². The van der Waals surface area contributed by atoms with Gasteiger partial charge in [-0.25, -0.2) is 4.99 Å². The fourth-order valence-electron chi connectivity index (χ4n) is 1.81. The van der Waals surface area contributed by atoms with E-state index in [0.29, 0.717) is 23.1 Å². The van der Waals surface area contributed by atoms with Crippen LogP contribution in [-0.2, 0) is 11.3 Å². The summed E-state index contributed by atoms with van der Waals surface area (Å²) >= 11 is 7.59. The van der Waals surface area contributed by atoms with Gasteiger partial charge >= 0.3 is 6.61 Å². The number of likely N-dealkylation sites (N-methyl/N-ethyl adjacent to an activating group) is 1. The third-order valence-corrected chi connectivity index (χ3v) is 4.00. The van der Waals surface area contributed by atoms with Crippen LogP contribution in [0.15, 0.2) is 23.2 Å². The second kappa shape index (κ2) is 11.8. The van der Waals surface area contributed by atoms with Crippen molar-refractivity contribution in [1.29, 1.82) is 0 Å². The van der Waals surface area contributed by atoms with Gasteiger partial charge in [0, 0.05) is 37.0 Å². The van der Waals surface area contributed by atoms with Crippen molar-refractivity contribution < 1.29 is 18.3 Å². The standard InChI is InChI=1S/C16H23ClF2N4O2S/c1-23(2)14(24)10-22-16(20-6-7-26-3)21-9-11-8-12(17)4-5-13(11)25-15(18)19/h4-5,8,15H,6-7,9-10H2,1-3H3,(H2,20,21,22). The molecule has 0 aromatic heterocycles. The number of amides is 1. The molecule has 0 spiro atoms. The van der Waals surface area contributed by atoms with Crippen LogP contribution < -0.4 is 15.4 Å². The Kier molecular flexibility index (Phi) is 10.1. The van der Waals surface area contributed by atoms with Gasteiger partial charge in [-0.1, -0.05) is 11.6 Å². The number of guanidine groups is 1. The van der Waals surface area contributed by atoms with Gasteiger partial charge in [0.15, 0.2) is 5.96 Å². The zero-order valence-electron chi connectivity index (χ0n) is 14.9. The molecule has 2 N–H and O–H groups in total. The van der Waals surface area contributed by atoms with E-state index < -0.39 is 6.61 Å². The first-order chi connectivity index (χ1) is 12.3. The molecule has 0 heterocycles. The van der Waals surface area contributed by atoms with E-state index in [1.54, 1.807) is 25.9 Å². The van der Waals surface area contributed by atoms with E-state index in [1.807, 2.05) is 6.26 Å². The molecule has 0 bridgehead atoms. The summed E-state index contributed by atoms with van der Waals surface area (Å²) in [6.07, 6.45) is 1.97. The van der Waals surface area contributed by atoms with Crippen molar-refractivity contribution in [2.24, 2.45) is 4.99 Å². The summed E-state index contributed by atoms with van der Waals surface area (Å²) < 4.78 is 29.6. The Hall–Kier alpha value is -1.74. The predicted octanol–water partition coefficient (Wildman–Crippen LogP) is 2.43. The average Bonchev–Trinajstić information content (AvgIpc) is 2.58. The first-order valence-electron chi connectivity index (χ1n) is 7.78. The number of thioether (sulfide) groups is 1. The molecule has 0 aliphatic rings. The van der Waals surface area contributed by atoms with Crippen LogP contribution in [0.1, 0.15) is 5.56 Å². The van der Waals surface area contributed by atoms with E-state index in [4.69, 9.17) is 11.6 Å². The monoisotopic (exact) mass is 408 g/mol. The molecule has 6 nitrogen and oxygen atoms in total. The first-order valence-corrected chi connectivity index (χ1v) is 9.55. The van der Waals surface area contributed by atoms with Crippen LogP contribution >= 0.6 is 23.4 Å². The van der Waals surface area contributed by atoms with Gasteiger partial charge in [-0.15, -0.1) is 0 Å². The number of halogens is 3. The number of hydrogen-bond acceptors (Lipinski definition) is 4. The van der Waals surface area contributed by atoms with Crippen molar-refractivity contribution in [1.82, 2.24) is 15.5 Å². The Morgan fingerprint density at radius 1 is 1.38 bits per heavy atom. The number of ether oxygens (including phenoxy) is 1. The molecule has 0 saturated carbocycles. The van der Waals surface area contributed by atoms with Gasteiger partial charge in [-0.2, -0.15) is 20.5 Å². The number of aliphatic imine (C=N–C) groups is 1. The maximum atomic E-state index is 12.5. The van der Waals surface area contributed by atoms with Gasteiger partial charge in [-0.05, 0) is 24.5 Å². The van der Waals surface area contributed by atoms with Gasteiger partial charge in [-0.3, -0.25) is 4.79 Å². The molecule has 1 aromatic rings. The number of rotatable bonds is 9. The highest BCUT2D eigenvalue weighted by Crippen LogP contribution is 2.25. The number of nitrogens with zero attached hydrogens (tertiary/aromatic N) is 2. The van der Waals surface area contributed by atoms with E-state index in [2.05, 4.69) is 20.4 Å². The Morgan fingerprint density at radius 2 is 2.12 bits per heavy atom. The van der Waals surface area contributed by atoms with Crippen LogP contribution in [0.2, 0.25) is 5.02 Å². The molecule has 1 amide bonds. The smallest absolute Gasteiger partial charge is 0.387 e. The molecular formula is C16H23ClF2N4O2S. The SMILES string of the molecule is CSCCNC(=NCc1cc(Cl)ccc1OC(F)F)NCC(=O)N(C)C. The zero-order valence-corrected chi connectivity index (χ0v) is 16.5. The Morgan fingerprint density at radius 3 is 2.73 bits per heavy atom. The average molecular weight is 409 g/mol. The second-order valence-electron chi connectivity index (χ2n) is 5.36. The summed E-state index contributed by atoms with van der Waals surface area (Å²) in [5, 5.41) is 6.40. The Labute approximate surface area is 161 Å². The zero-order chi connectivity index (χ0) is 19.5. The molecule has 0 aliphatic heterocycles. The molecule has 0 unspecified atom stereocenters. The lowest BCUT2D eigenvalue weighted by Crippen LogP contribution is -2.43. The minimum absolute atomic E-state index is 0.0148. The van der Waals surface area contributed by atoms with Crippen molar-refractivity contribution in [2.75, 3.05) is 39.2 Å². The molecule has 0 radical (unpaired) electrons. The summed E-state index contributed by atoms with van der Waals surface area (Å²) in [6, 6.07) is 4.37. The largest absolute Gasteiger partial charge is 0.434 e. The summed E-state index contributed by atoms with van der Waals surface area (Å²) in [5.41, 5.74) is 0.419. The third kappa shape index (κ3) is 8.57. The number of alkyl halides is 2. The topological polar surface area (TPSA) is 66.0 Å². The molecule has 0 atom stereocenters. The molecule has 0 saturated heterocycles. The van der Waals surface area contributed by atoms with E-state index in [0.717, 1.165) is 5.75 Å². The van der Waals surface area contributed by atoms with Crippen LogP contribution in [0.5, 0.6) is 5.75 Å². The number of carbonyl (C=O) groups excluding carboxylic acids is 1. The molecule has 1 rings (SSSR count). The first kappa shape index (κ1) is 22.3. The van der Waals surface area contributed by atoms with Gasteiger partial charge in [0.05, 0.1) is 13.1 Å². The highest BCUT2D eigenvalue weighted by atomic mass is 35.5. The molecule has 146 valence electrons. The lowest BCUT2D eigenvalue weighted by atomic mass is 10.2. The summed E-state index contributed by atoms with van der Waals surface area (Å²) in [4.78, 5) is 17.5. The number of carbonyl (C=O) groups is 1. The van der Waals surface area contributed by atoms with Crippen LogP contribution in [0, 0.1) is 0 Å². The fourth-order valence-corrected chi connectivity index (χ4v) is 2.31. The van der Waals surface area contributed by atoms with Crippen molar-refractivity contribution in [3.8, 4) is 5.75 Å². The Balaban J connectivity index is 2.87. The van der Waals surface area contributed by atoms with E-state index in [-0.39, 0.29) is 24.7 Å². The van der Waals surface area contributed by atoms with Crippen molar-refractivity contribution in [3.63, 3.8) is 0 Å². The minimum Gasteiger partial charge on any atom is -0.434 e. The highest BCUT2D eigenvalue weighted by Gasteiger charge is 2.11. The van der Waals surface area contributed by atoms with Crippen LogP contribution in [-0.4, -0.2) is 62.6 Å². The fraction of sp³-hybridized carbons (Fsp3) is 0.500. The molecule has 0 aliphatic carbocycles. The van der Waals surface area contributed by atoms with E-state index in [9.17, 15) is 13.6 Å². The molecular weight excluding hydrogens is 386 g/mol. The predicted molar refractivity (Wildman–Crippen MR) is 102 cm³/mol. The molecule has 1 aromatic carbocycles. The van der Waals surface area contributed by atoms with Crippen LogP contribution in [0.3, 0.4) is 0 Å². The number of benzene rings is 1. The normalized spacial score (nSPS) is 11.4. The maximum Gasteiger partial charge on any atom is 0.387 e. The minimum atomic E-state index is -2.94. The summed E-state index contributed by atoms with van der Waals surface area (Å²) in [5.74, 6) is 1.14. The van der Waals surface area contributed by atoms with Crippen LogP contribution in [0.25, 0.3) is 0 Å². The summed E-state index contributed by atoms with van der Waals surface area (Å²) in [7, 11) is 3.31. The number of hydrogen-bond donors (Lipinski definition) is 2. The van der Waals surface area contributed by atoms with Gasteiger partial charge in [0.2, 0.25) is 5.91 Å². The quantitative estimate of drug-likeness (QED) is 0.373. The second-order valence-corrected chi connectivity index (χ2v) is 6.78. The number of nitrogens with one attached hydrogen (secondary N) is 2. The van der Waals surface area contributed by atoms with Crippen LogP contribution in [0.4, 0.5) is 8.78 Å². The van der Waals surface area contributed by atoms with Gasteiger partial charge in [0.25, 0.3) is 0 Å². The Bertz CT molecular complexity index is 618. The third-order valence-electron chi connectivity index (χ3n) is 3.15. The van der Waals surface area contributed by atoms with Gasteiger partial charge < -0.3 is 20.3 Å². The lowest BCUT2D eigenvalue weighted by Gasteiger charge is -2.15. The highest BCUT2D eigenvalue weighted by molar-refractivity contribution is 7.98. The molecule has 0 fully saturated rings.